The number of carbonyl (C=O) groups is 1. The normalized spacial score (nSPS) is 12.7. The number of anilines is 1. The third-order valence-electron chi connectivity index (χ3n) is 3.58. The third-order valence-corrected chi connectivity index (χ3v) is 3.91. The van der Waals surface area contributed by atoms with E-state index in [-0.39, 0.29) is 18.9 Å². The van der Waals surface area contributed by atoms with Gasteiger partial charge in [0.05, 0.1) is 18.7 Å². The summed E-state index contributed by atoms with van der Waals surface area (Å²) >= 11 is 6.29. The van der Waals surface area contributed by atoms with E-state index in [0.717, 1.165) is 28.2 Å². The molecule has 2 heterocycles. The number of fused-ring (bicyclic) bond motifs is 1. The lowest BCUT2D eigenvalue weighted by Gasteiger charge is -2.09. The van der Waals surface area contributed by atoms with E-state index in [0.29, 0.717) is 17.1 Å². The number of pyridine rings is 1. The van der Waals surface area contributed by atoms with Gasteiger partial charge in [-0.15, -0.1) is 0 Å². The number of hydrogen-bond acceptors (Lipinski definition) is 4. The number of nitrogens with one attached hydrogen (secondary N) is 1. The second-order valence-electron chi connectivity index (χ2n) is 5.45. The second kappa shape index (κ2) is 6.48. The Labute approximate surface area is 139 Å². The van der Waals surface area contributed by atoms with E-state index >= 15 is 0 Å². The minimum absolute atomic E-state index is 0.0630. The van der Waals surface area contributed by atoms with Crippen LogP contribution in [0.1, 0.15) is 23.1 Å². The molecule has 1 aromatic carbocycles. The van der Waals surface area contributed by atoms with Crippen molar-refractivity contribution in [3.05, 3.63) is 52.2 Å². The standard InChI is InChI=1S/C17H16ClN3O2/c1-10-6-11-7-15(21-17(11)19-9-10)13-8-12(2-3-14(13)18)20-16(23)4-5-22/h2-3,6,8-9,22H,4-5,7H2,1H3,(H,20,23). The van der Waals surface area contributed by atoms with E-state index in [1.807, 2.05) is 6.92 Å². The lowest BCUT2D eigenvalue weighted by atomic mass is 10.0. The number of benzene rings is 1. The van der Waals surface area contributed by atoms with Gasteiger partial charge in [-0.3, -0.25) is 4.79 Å². The summed E-state index contributed by atoms with van der Waals surface area (Å²) in [5.74, 6) is 0.478. The number of hydrogen-bond donors (Lipinski definition) is 2. The lowest BCUT2D eigenvalue weighted by Crippen LogP contribution is -2.13. The molecule has 1 aliphatic rings. The molecule has 5 nitrogen and oxygen atoms in total. The highest BCUT2D eigenvalue weighted by atomic mass is 35.5. The smallest absolute Gasteiger partial charge is 0.226 e. The molecular weight excluding hydrogens is 314 g/mol. The van der Waals surface area contributed by atoms with Crippen molar-refractivity contribution >= 4 is 34.7 Å². The van der Waals surface area contributed by atoms with E-state index in [9.17, 15) is 4.79 Å². The van der Waals surface area contributed by atoms with Crippen molar-refractivity contribution in [2.24, 2.45) is 4.99 Å². The molecule has 1 aromatic heterocycles. The van der Waals surface area contributed by atoms with Crippen LogP contribution in [0.2, 0.25) is 5.02 Å². The van der Waals surface area contributed by atoms with Crippen LogP contribution in [-0.2, 0) is 11.2 Å². The largest absolute Gasteiger partial charge is 0.396 e. The van der Waals surface area contributed by atoms with Gasteiger partial charge in [-0.05, 0) is 30.7 Å². The van der Waals surface area contributed by atoms with Crippen LogP contribution in [0.5, 0.6) is 0 Å². The van der Waals surface area contributed by atoms with E-state index in [1.54, 1.807) is 24.4 Å². The number of aliphatic imine (C=N–C) groups is 1. The molecular formula is C17H16ClN3O2. The first-order valence-electron chi connectivity index (χ1n) is 7.30. The summed E-state index contributed by atoms with van der Waals surface area (Å²) in [5.41, 5.74) is 4.42. The third kappa shape index (κ3) is 3.41. The first kappa shape index (κ1) is 15.6. The van der Waals surface area contributed by atoms with Gasteiger partial charge in [0.15, 0.2) is 5.82 Å². The topological polar surface area (TPSA) is 74.6 Å². The van der Waals surface area contributed by atoms with Crippen molar-refractivity contribution in [1.29, 1.82) is 0 Å². The molecule has 0 aliphatic carbocycles. The predicted molar refractivity (Wildman–Crippen MR) is 90.7 cm³/mol. The van der Waals surface area contributed by atoms with Crippen molar-refractivity contribution in [2.75, 3.05) is 11.9 Å². The highest BCUT2D eigenvalue weighted by Crippen LogP contribution is 2.31. The number of aromatic nitrogens is 1. The Hall–Kier alpha value is -2.24. The number of nitrogens with zero attached hydrogens (tertiary/aromatic N) is 2. The SMILES string of the molecule is Cc1cnc2c(c1)CC(c1cc(NC(=O)CCO)ccc1Cl)=N2. The number of aliphatic hydroxyl groups is 1. The average Bonchev–Trinajstić information content (AvgIpc) is 2.92. The van der Waals surface area contributed by atoms with Crippen LogP contribution in [0.25, 0.3) is 0 Å². The summed E-state index contributed by atoms with van der Waals surface area (Å²) in [6, 6.07) is 7.33. The summed E-state index contributed by atoms with van der Waals surface area (Å²) in [5, 5.41) is 12.1. The molecule has 0 bridgehead atoms. The molecule has 3 rings (SSSR count). The fourth-order valence-electron chi connectivity index (χ4n) is 2.51. The Morgan fingerprint density at radius 1 is 1.39 bits per heavy atom. The molecule has 118 valence electrons. The van der Waals surface area contributed by atoms with Crippen LogP contribution in [0.15, 0.2) is 35.5 Å². The average molecular weight is 330 g/mol. The second-order valence-corrected chi connectivity index (χ2v) is 5.85. The molecule has 1 aliphatic heterocycles. The predicted octanol–water partition coefficient (Wildman–Crippen LogP) is 3.04. The summed E-state index contributed by atoms with van der Waals surface area (Å²) in [4.78, 5) is 20.5. The molecule has 0 fully saturated rings. The van der Waals surface area contributed by atoms with Crippen LogP contribution in [0, 0.1) is 6.92 Å². The van der Waals surface area contributed by atoms with Crippen molar-refractivity contribution < 1.29 is 9.90 Å². The Morgan fingerprint density at radius 2 is 2.22 bits per heavy atom. The van der Waals surface area contributed by atoms with Gasteiger partial charge in [0, 0.05) is 34.5 Å². The van der Waals surface area contributed by atoms with E-state index < -0.39 is 0 Å². The highest BCUT2D eigenvalue weighted by molar-refractivity contribution is 6.34. The maximum atomic E-state index is 11.6. The van der Waals surface area contributed by atoms with Gasteiger partial charge in [-0.2, -0.15) is 0 Å². The highest BCUT2D eigenvalue weighted by Gasteiger charge is 2.19. The Kier molecular flexibility index (Phi) is 4.41. The number of halogens is 1. The Morgan fingerprint density at radius 3 is 3.00 bits per heavy atom. The number of rotatable bonds is 4. The summed E-state index contributed by atoms with van der Waals surface area (Å²) < 4.78 is 0. The van der Waals surface area contributed by atoms with E-state index in [2.05, 4.69) is 21.4 Å². The first-order chi connectivity index (χ1) is 11.1. The van der Waals surface area contributed by atoms with Crippen molar-refractivity contribution in [1.82, 2.24) is 4.98 Å². The molecule has 6 heteroatoms. The number of carbonyl (C=O) groups excluding carboxylic acids is 1. The van der Waals surface area contributed by atoms with Crippen LogP contribution in [0.3, 0.4) is 0 Å². The van der Waals surface area contributed by atoms with Crippen molar-refractivity contribution in [3.8, 4) is 0 Å². The van der Waals surface area contributed by atoms with Crippen molar-refractivity contribution in [3.63, 3.8) is 0 Å². The molecule has 2 N–H and O–H groups in total. The van der Waals surface area contributed by atoms with E-state index in [1.165, 1.54) is 0 Å². The maximum absolute atomic E-state index is 11.6. The van der Waals surface area contributed by atoms with Gasteiger partial charge in [0.2, 0.25) is 5.91 Å². The first-order valence-corrected chi connectivity index (χ1v) is 7.68. The molecule has 1 amide bonds. The zero-order valence-electron chi connectivity index (χ0n) is 12.6. The maximum Gasteiger partial charge on any atom is 0.226 e. The molecule has 0 saturated heterocycles. The van der Waals surface area contributed by atoms with Crippen LogP contribution in [0.4, 0.5) is 11.5 Å². The van der Waals surface area contributed by atoms with Crippen LogP contribution < -0.4 is 5.32 Å². The molecule has 0 spiro atoms. The quantitative estimate of drug-likeness (QED) is 0.905. The number of aliphatic hydroxyl groups excluding tert-OH is 1. The van der Waals surface area contributed by atoms with Gasteiger partial charge in [-0.1, -0.05) is 17.7 Å². The summed E-state index contributed by atoms with van der Waals surface area (Å²) in [6.45, 7) is 1.81. The van der Waals surface area contributed by atoms with Gasteiger partial charge < -0.3 is 10.4 Å². The Balaban J connectivity index is 1.88. The monoisotopic (exact) mass is 329 g/mol. The lowest BCUT2D eigenvalue weighted by molar-refractivity contribution is -0.116. The fourth-order valence-corrected chi connectivity index (χ4v) is 2.73. The van der Waals surface area contributed by atoms with Crippen molar-refractivity contribution in [2.45, 2.75) is 19.8 Å². The zero-order valence-corrected chi connectivity index (χ0v) is 13.4. The molecule has 23 heavy (non-hydrogen) atoms. The minimum atomic E-state index is -0.241. The molecule has 2 aromatic rings. The molecule has 0 unspecified atom stereocenters. The summed E-state index contributed by atoms with van der Waals surface area (Å²) in [6.07, 6.45) is 2.52. The molecule has 0 radical (unpaired) electrons. The number of amides is 1. The van der Waals surface area contributed by atoms with Crippen LogP contribution >= 0.6 is 11.6 Å². The van der Waals surface area contributed by atoms with Gasteiger partial charge in [-0.25, -0.2) is 9.98 Å². The number of aryl methyl sites for hydroxylation is 1. The minimum Gasteiger partial charge on any atom is -0.396 e. The van der Waals surface area contributed by atoms with Gasteiger partial charge in [0.25, 0.3) is 0 Å². The fraction of sp³-hybridized carbons (Fsp3) is 0.235. The van der Waals surface area contributed by atoms with Crippen LogP contribution in [-0.4, -0.2) is 28.3 Å². The van der Waals surface area contributed by atoms with Gasteiger partial charge >= 0.3 is 0 Å². The Bertz CT molecular complexity index is 802. The zero-order chi connectivity index (χ0) is 16.4. The van der Waals surface area contributed by atoms with E-state index in [4.69, 9.17) is 16.7 Å². The molecule has 0 saturated carbocycles. The van der Waals surface area contributed by atoms with Gasteiger partial charge in [0.1, 0.15) is 0 Å². The molecule has 0 atom stereocenters. The summed E-state index contributed by atoms with van der Waals surface area (Å²) in [7, 11) is 0.